The van der Waals surface area contributed by atoms with Gasteiger partial charge >= 0.3 is 5.69 Å². The molecule has 1 saturated carbocycles. The molecule has 0 bridgehead atoms. The summed E-state index contributed by atoms with van der Waals surface area (Å²) < 4.78 is 0. The topological polar surface area (TPSA) is 77.8 Å². The summed E-state index contributed by atoms with van der Waals surface area (Å²) in [6, 6.07) is 5.78. The molecule has 0 saturated heterocycles. The molecule has 19 heavy (non-hydrogen) atoms. The highest BCUT2D eigenvalue weighted by Crippen LogP contribution is 2.22. The highest BCUT2D eigenvalue weighted by atomic mass is 16.1. The number of aromatic amines is 2. The fraction of sp³-hybridized carbons (Fsp3) is 0.429. The van der Waals surface area contributed by atoms with E-state index in [9.17, 15) is 9.59 Å². The molecule has 5 heteroatoms. The van der Waals surface area contributed by atoms with Crippen molar-refractivity contribution in [3.8, 4) is 0 Å². The van der Waals surface area contributed by atoms with Gasteiger partial charge in [-0.1, -0.05) is 0 Å². The van der Waals surface area contributed by atoms with Crippen LogP contribution in [-0.4, -0.2) is 22.3 Å². The minimum Gasteiger partial charge on any atom is -0.385 e. The number of imidazole rings is 1. The number of H-pyrrole nitrogens is 2. The Morgan fingerprint density at radius 1 is 1.11 bits per heavy atom. The Hall–Kier alpha value is -2.04. The molecule has 3 rings (SSSR count). The molecular formula is C14H17N3O2. The molecule has 1 aromatic heterocycles. The van der Waals surface area contributed by atoms with E-state index >= 15 is 0 Å². The number of Topliss-reactive ketones (excluding diaryl/α,β-unsaturated/α-hetero) is 1. The molecule has 1 heterocycles. The quantitative estimate of drug-likeness (QED) is 0.789. The summed E-state index contributed by atoms with van der Waals surface area (Å²) in [5.74, 6) is 0.959. The lowest BCUT2D eigenvalue weighted by Crippen LogP contribution is -2.20. The number of hydrogen-bond donors (Lipinski definition) is 3. The highest BCUT2D eigenvalue weighted by Gasteiger charge is 2.18. The third kappa shape index (κ3) is 2.70. The Labute approximate surface area is 110 Å². The number of aromatic nitrogens is 2. The number of anilines is 1. The van der Waals surface area contributed by atoms with E-state index in [1.165, 1.54) is 0 Å². The van der Waals surface area contributed by atoms with Crippen LogP contribution in [0.4, 0.5) is 5.69 Å². The molecule has 5 nitrogen and oxygen atoms in total. The van der Waals surface area contributed by atoms with E-state index in [4.69, 9.17) is 0 Å². The van der Waals surface area contributed by atoms with Gasteiger partial charge in [-0.25, -0.2) is 4.79 Å². The zero-order valence-corrected chi connectivity index (χ0v) is 10.7. The first-order chi connectivity index (χ1) is 9.20. The molecule has 1 aliphatic rings. The van der Waals surface area contributed by atoms with E-state index < -0.39 is 0 Å². The zero-order valence-electron chi connectivity index (χ0n) is 10.7. The van der Waals surface area contributed by atoms with Crippen LogP contribution in [0.1, 0.15) is 25.7 Å². The molecule has 1 fully saturated rings. The maximum absolute atomic E-state index is 11.2. The van der Waals surface area contributed by atoms with Crippen LogP contribution in [0.2, 0.25) is 0 Å². The fourth-order valence-corrected chi connectivity index (χ4v) is 2.61. The predicted octanol–water partition coefficient (Wildman–Crippen LogP) is 2.03. The van der Waals surface area contributed by atoms with Crippen molar-refractivity contribution in [3.63, 3.8) is 0 Å². The van der Waals surface area contributed by atoms with E-state index in [0.717, 1.165) is 48.9 Å². The van der Waals surface area contributed by atoms with Crippen molar-refractivity contribution in [2.24, 2.45) is 5.92 Å². The van der Waals surface area contributed by atoms with Gasteiger partial charge in [0, 0.05) is 25.1 Å². The Bertz CT molecular complexity index is 646. The van der Waals surface area contributed by atoms with E-state index in [2.05, 4.69) is 15.3 Å². The van der Waals surface area contributed by atoms with Crippen LogP contribution in [-0.2, 0) is 4.79 Å². The standard InChI is InChI=1S/C14H17N3O2/c18-11-4-1-9(2-5-11)8-15-10-3-6-12-13(7-10)17-14(19)16-12/h3,6-7,9,15H,1-2,4-5,8H2,(H2,16,17,19). The second kappa shape index (κ2) is 4.91. The molecule has 2 aromatic rings. The van der Waals surface area contributed by atoms with Crippen LogP contribution in [0, 0.1) is 5.92 Å². The lowest BCUT2D eigenvalue weighted by atomic mass is 9.88. The molecular weight excluding hydrogens is 242 g/mol. The van der Waals surface area contributed by atoms with Gasteiger partial charge < -0.3 is 15.3 Å². The van der Waals surface area contributed by atoms with Crippen molar-refractivity contribution >= 4 is 22.5 Å². The molecule has 0 aliphatic heterocycles. The first-order valence-electron chi connectivity index (χ1n) is 6.68. The monoisotopic (exact) mass is 259 g/mol. The predicted molar refractivity (Wildman–Crippen MR) is 74.4 cm³/mol. The Kier molecular flexibility index (Phi) is 3.11. The second-order valence-corrected chi connectivity index (χ2v) is 5.20. The van der Waals surface area contributed by atoms with Crippen LogP contribution >= 0.6 is 0 Å². The van der Waals surface area contributed by atoms with E-state index in [-0.39, 0.29) is 5.69 Å². The summed E-state index contributed by atoms with van der Waals surface area (Å²) in [6.45, 7) is 0.882. The van der Waals surface area contributed by atoms with Gasteiger partial charge in [0.2, 0.25) is 0 Å². The van der Waals surface area contributed by atoms with Gasteiger partial charge in [-0.15, -0.1) is 0 Å². The Morgan fingerprint density at radius 3 is 2.63 bits per heavy atom. The van der Waals surface area contributed by atoms with Crippen molar-refractivity contribution < 1.29 is 4.79 Å². The van der Waals surface area contributed by atoms with Gasteiger partial charge in [-0.3, -0.25) is 4.79 Å². The SMILES string of the molecule is O=C1CCC(CNc2ccc3[nH]c(=O)[nH]c3c2)CC1. The van der Waals surface area contributed by atoms with Gasteiger partial charge in [-0.2, -0.15) is 0 Å². The summed E-state index contributed by atoms with van der Waals surface area (Å²) in [5.41, 5.74) is 2.45. The lowest BCUT2D eigenvalue weighted by Gasteiger charge is -2.21. The second-order valence-electron chi connectivity index (χ2n) is 5.20. The van der Waals surface area contributed by atoms with Crippen LogP contribution < -0.4 is 11.0 Å². The highest BCUT2D eigenvalue weighted by molar-refractivity contribution is 5.79. The van der Waals surface area contributed by atoms with Crippen LogP contribution in [0.15, 0.2) is 23.0 Å². The smallest absolute Gasteiger partial charge is 0.323 e. The lowest BCUT2D eigenvalue weighted by molar-refractivity contribution is -0.120. The first kappa shape index (κ1) is 12.0. The number of carbonyl (C=O) groups is 1. The minimum absolute atomic E-state index is 0.182. The summed E-state index contributed by atoms with van der Waals surface area (Å²) in [7, 11) is 0. The summed E-state index contributed by atoms with van der Waals surface area (Å²) in [6.07, 6.45) is 3.40. The third-order valence-electron chi connectivity index (χ3n) is 3.77. The van der Waals surface area contributed by atoms with Crippen LogP contribution in [0.25, 0.3) is 11.0 Å². The number of benzene rings is 1. The van der Waals surface area contributed by atoms with Gasteiger partial charge in [0.15, 0.2) is 0 Å². The molecule has 0 spiro atoms. The Balaban J connectivity index is 1.64. The summed E-state index contributed by atoms with van der Waals surface area (Å²) in [5, 5.41) is 3.38. The molecule has 0 radical (unpaired) electrons. The number of hydrogen-bond acceptors (Lipinski definition) is 3. The number of ketones is 1. The summed E-state index contributed by atoms with van der Waals surface area (Å²) in [4.78, 5) is 27.8. The van der Waals surface area contributed by atoms with E-state index in [1.807, 2.05) is 18.2 Å². The van der Waals surface area contributed by atoms with Crippen molar-refractivity contribution in [2.45, 2.75) is 25.7 Å². The van der Waals surface area contributed by atoms with Crippen LogP contribution in [0.3, 0.4) is 0 Å². The van der Waals surface area contributed by atoms with E-state index in [1.54, 1.807) is 0 Å². The van der Waals surface area contributed by atoms with Crippen molar-refractivity contribution in [1.29, 1.82) is 0 Å². The van der Waals surface area contributed by atoms with Crippen molar-refractivity contribution in [3.05, 3.63) is 28.7 Å². The largest absolute Gasteiger partial charge is 0.385 e. The van der Waals surface area contributed by atoms with Gasteiger partial charge in [0.05, 0.1) is 11.0 Å². The van der Waals surface area contributed by atoms with Gasteiger partial charge in [0.25, 0.3) is 0 Å². The van der Waals surface area contributed by atoms with Crippen molar-refractivity contribution in [1.82, 2.24) is 9.97 Å². The molecule has 0 atom stereocenters. The normalized spacial score (nSPS) is 16.9. The number of nitrogens with one attached hydrogen (secondary N) is 3. The molecule has 1 aromatic carbocycles. The fourth-order valence-electron chi connectivity index (χ4n) is 2.61. The average Bonchev–Trinajstić information content (AvgIpc) is 2.77. The van der Waals surface area contributed by atoms with Gasteiger partial charge in [-0.05, 0) is 37.0 Å². The number of carbonyl (C=O) groups excluding carboxylic acids is 1. The van der Waals surface area contributed by atoms with Gasteiger partial charge in [0.1, 0.15) is 5.78 Å². The molecule has 3 N–H and O–H groups in total. The van der Waals surface area contributed by atoms with E-state index in [0.29, 0.717) is 11.7 Å². The average molecular weight is 259 g/mol. The third-order valence-corrected chi connectivity index (χ3v) is 3.77. The molecule has 0 unspecified atom stereocenters. The maximum atomic E-state index is 11.2. The van der Waals surface area contributed by atoms with Crippen molar-refractivity contribution in [2.75, 3.05) is 11.9 Å². The molecule has 0 amide bonds. The zero-order chi connectivity index (χ0) is 13.2. The summed E-state index contributed by atoms with van der Waals surface area (Å²) >= 11 is 0. The number of rotatable bonds is 3. The minimum atomic E-state index is -0.182. The Morgan fingerprint density at radius 2 is 1.84 bits per heavy atom. The number of fused-ring (bicyclic) bond motifs is 1. The maximum Gasteiger partial charge on any atom is 0.323 e. The first-order valence-corrected chi connectivity index (χ1v) is 6.68. The van der Waals surface area contributed by atoms with Crippen LogP contribution in [0.5, 0.6) is 0 Å². The molecule has 100 valence electrons. The molecule has 1 aliphatic carbocycles.